The van der Waals surface area contributed by atoms with Crippen LogP contribution >= 0.6 is 0 Å². The van der Waals surface area contributed by atoms with E-state index in [1.165, 1.54) is 0 Å². The number of nitrogen functional groups attached to an aromatic ring is 1. The molecule has 0 saturated carbocycles. The molecule has 150 valence electrons. The number of hydrogen-bond acceptors (Lipinski definition) is 6. The first-order valence-corrected chi connectivity index (χ1v) is 9.66. The number of anilines is 2. The van der Waals surface area contributed by atoms with E-state index in [0.717, 1.165) is 38.0 Å². The van der Waals surface area contributed by atoms with Crippen molar-refractivity contribution in [1.82, 2.24) is 10.3 Å². The van der Waals surface area contributed by atoms with Crippen LogP contribution in [0.5, 0.6) is 5.88 Å². The summed E-state index contributed by atoms with van der Waals surface area (Å²) in [4.78, 5) is 17.8. The van der Waals surface area contributed by atoms with Crippen molar-refractivity contribution in [3.8, 4) is 5.88 Å². The van der Waals surface area contributed by atoms with Gasteiger partial charge in [-0.15, -0.1) is 0 Å². The molecule has 0 fully saturated rings. The number of amides is 1. The van der Waals surface area contributed by atoms with E-state index in [4.69, 9.17) is 15.2 Å². The minimum absolute atomic E-state index is 0.162. The second-order valence-corrected chi connectivity index (χ2v) is 5.49. The fraction of sp³-hybridized carbons (Fsp3) is 0.684. The van der Waals surface area contributed by atoms with Crippen molar-refractivity contribution in [2.24, 2.45) is 0 Å². The second-order valence-electron chi connectivity index (χ2n) is 5.49. The van der Waals surface area contributed by atoms with E-state index < -0.39 is 6.09 Å². The van der Waals surface area contributed by atoms with E-state index in [-0.39, 0.29) is 13.2 Å². The number of nitrogens with one attached hydrogen (secondary N) is 1. The predicted molar refractivity (Wildman–Crippen MR) is 108 cm³/mol. The number of ether oxygens (including phenoxy) is 2. The lowest BCUT2D eigenvalue weighted by Crippen LogP contribution is -2.26. The predicted octanol–water partition coefficient (Wildman–Crippen LogP) is 3.83. The van der Waals surface area contributed by atoms with Crippen LogP contribution < -0.4 is 20.7 Å². The van der Waals surface area contributed by atoms with E-state index in [1.807, 2.05) is 32.9 Å². The molecule has 0 aliphatic heterocycles. The number of nitrogens with two attached hydrogens (primary N) is 1. The molecule has 0 bridgehead atoms. The van der Waals surface area contributed by atoms with Crippen LogP contribution in [0.1, 0.15) is 53.9 Å². The zero-order valence-electron chi connectivity index (χ0n) is 17.0. The Morgan fingerprint density at radius 2 is 1.77 bits per heavy atom. The van der Waals surface area contributed by atoms with Gasteiger partial charge >= 0.3 is 6.09 Å². The molecule has 1 aromatic rings. The summed E-state index contributed by atoms with van der Waals surface area (Å²) in [6, 6.07) is 3.73. The lowest BCUT2D eigenvalue weighted by Gasteiger charge is -2.24. The molecule has 3 N–H and O–H groups in total. The minimum Gasteiger partial charge on any atom is -0.474 e. The lowest BCUT2D eigenvalue weighted by molar-refractivity contribution is 0.124. The molecule has 1 heterocycles. The Bertz CT molecular complexity index is 492. The van der Waals surface area contributed by atoms with E-state index in [0.29, 0.717) is 18.2 Å². The summed E-state index contributed by atoms with van der Waals surface area (Å²) >= 11 is 0. The van der Waals surface area contributed by atoms with E-state index in [2.05, 4.69) is 29.0 Å². The summed E-state index contributed by atoms with van der Waals surface area (Å²) in [5.74, 6) is 0.862. The van der Waals surface area contributed by atoms with Crippen LogP contribution in [0.25, 0.3) is 0 Å². The molecule has 0 radical (unpaired) electrons. The molecule has 0 unspecified atom stereocenters. The van der Waals surface area contributed by atoms with Crippen molar-refractivity contribution < 1.29 is 14.3 Å². The maximum atomic E-state index is 11.3. The molecule has 7 heteroatoms. The van der Waals surface area contributed by atoms with Gasteiger partial charge in [-0.2, -0.15) is 4.98 Å². The Labute approximate surface area is 158 Å². The van der Waals surface area contributed by atoms with Gasteiger partial charge < -0.3 is 25.4 Å². The van der Waals surface area contributed by atoms with Crippen LogP contribution in [0.3, 0.4) is 0 Å². The highest BCUT2D eigenvalue weighted by Gasteiger charge is 2.09. The first-order valence-electron chi connectivity index (χ1n) is 9.66. The number of aromatic nitrogens is 1. The maximum absolute atomic E-state index is 11.3. The molecule has 0 spiro atoms. The van der Waals surface area contributed by atoms with Crippen molar-refractivity contribution in [2.75, 3.05) is 43.5 Å². The average molecular weight is 369 g/mol. The molecular weight excluding hydrogens is 332 g/mol. The van der Waals surface area contributed by atoms with Gasteiger partial charge in [0.15, 0.2) is 0 Å². The SMILES string of the molecule is CC.CCCNC(=O)OCCOc1cc(N(CCC)CCC)cc(N)n1. The van der Waals surface area contributed by atoms with Gasteiger partial charge in [0.25, 0.3) is 0 Å². The Morgan fingerprint density at radius 3 is 2.35 bits per heavy atom. The van der Waals surface area contributed by atoms with Gasteiger partial charge in [0.05, 0.1) is 0 Å². The zero-order valence-corrected chi connectivity index (χ0v) is 17.0. The van der Waals surface area contributed by atoms with Crippen molar-refractivity contribution in [2.45, 2.75) is 53.9 Å². The van der Waals surface area contributed by atoms with Gasteiger partial charge in [-0.05, 0) is 19.3 Å². The Balaban J connectivity index is 0.00000301. The fourth-order valence-electron chi connectivity index (χ4n) is 2.24. The van der Waals surface area contributed by atoms with Crippen molar-refractivity contribution in [3.63, 3.8) is 0 Å². The van der Waals surface area contributed by atoms with E-state index in [1.54, 1.807) is 0 Å². The molecule has 1 rings (SSSR count). The third-order valence-electron chi connectivity index (χ3n) is 3.24. The van der Waals surface area contributed by atoms with Gasteiger partial charge in [0.2, 0.25) is 5.88 Å². The van der Waals surface area contributed by atoms with Gasteiger partial charge in [-0.1, -0.05) is 34.6 Å². The van der Waals surface area contributed by atoms with Gasteiger partial charge in [0, 0.05) is 37.5 Å². The first kappa shape index (κ1) is 23.8. The maximum Gasteiger partial charge on any atom is 0.407 e. The summed E-state index contributed by atoms with van der Waals surface area (Å²) < 4.78 is 10.6. The number of rotatable bonds is 11. The summed E-state index contributed by atoms with van der Waals surface area (Å²) in [5, 5.41) is 2.63. The largest absolute Gasteiger partial charge is 0.474 e. The van der Waals surface area contributed by atoms with Crippen LogP contribution in [0.4, 0.5) is 16.3 Å². The smallest absolute Gasteiger partial charge is 0.407 e. The van der Waals surface area contributed by atoms with Crippen LogP contribution in [0.15, 0.2) is 12.1 Å². The zero-order chi connectivity index (χ0) is 19.8. The summed E-state index contributed by atoms with van der Waals surface area (Å²) in [6.45, 7) is 13.2. The average Bonchev–Trinajstić information content (AvgIpc) is 2.64. The third-order valence-corrected chi connectivity index (χ3v) is 3.24. The molecular formula is C19H36N4O3. The highest BCUT2D eigenvalue weighted by molar-refractivity contribution is 5.67. The molecule has 7 nitrogen and oxygen atoms in total. The topological polar surface area (TPSA) is 89.7 Å². The Morgan fingerprint density at radius 1 is 1.12 bits per heavy atom. The number of pyridine rings is 1. The highest BCUT2D eigenvalue weighted by Crippen LogP contribution is 2.23. The molecule has 1 amide bonds. The minimum atomic E-state index is -0.432. The number of carbonyl (C=O) groups excluding carboxylic acids is 1. The van der Waals surface area contributed by atoms with Crippen molar-refractivity contribution >= 4 is 17.6 Å². The Hall–Kier alpha value is -2.18. The molecule has 0 aromatic carbocycles. The summed E-state index contributed by atoms with van der Waals surface area (Å²) in [7, 11) is 0. The number of hydrogen-bond donors (Lipinski definition) is 2. The summed E-state index contributed by atoms with van der Waals surface area (Å²) in [5.41, 5.74) is 6.89. The monoisotopic (exact) mass is 368 g/mol. The fourth-order valence-corrected chi connectivity index (χ4v) is 2.24. The first-order chi connectivity index (χ1) is 12.6. The van der Waals surface area contributed by atoms with Crippen molar-refractivity contribution in [3.05, 3.63) is 12.1 Å². The van der Waals surface area contributed by atoms with E-state index in [9.17, 15) is 4.79 Å². The van der Waals surface area contributed by atoms with Crippen LogP contribution in [0.2, 0.25) is 0 Å². The molecule has 0 aliphatic rings. The Kier molecular flexibility index (Phi) is 13.8. The van der Waals surface area contributed by atoms with Gasteiger partial charge in [-0.25, -0.2) is 4.79 Å². The summed E-state index contributed by atoms with van der Waals surface area (Å²) in [6.07, 6.45) is 2.55. The standard InChI is InChI=1S/C17H30N4O3.C2H6/c1-4-7-19-17(22)24-11-10-23-16-13-14(12-15(18)20-16)21(8-5-2)9-6-3;1-2/h12-13H,4-11H2,1-3H3,(H2,18,20)(H,19,22);1-2H3. The third kappa shape index (κ3) is 9.96. The van der Waals surface area contributed by atoms with Crippen LogP contribution in [0, 0.1) is 0 Å². The van der Waals surface area contributed by atoms with Crippen molar-refractivity contribution in [1.29, 1.82) is 0 Å². The second kappa shape index (κ2) is 15.1. The number of nitrogens with zero attached hydrogens (tertiary/aromatic N) is 2. The van der Waals surface area contributed by atoms with Gasteiger partial charge in [0.1, 0.15) is 19.0 Å². The lowest BCUT2D eigenvalue weighted by atomic mass is 10.3. The van der Waals surface area contributed by atoms with Crippen LogP contribution in [-0.2, 0) is 4.74 Å². The van der Waals surface area contributed by atoms with E-state index >= 15 is 0 Å². The highest BCUT2D eigenvalue weighted by atomic mass is 16.6. The molecule has 0 aliphatic carbocycles. The van der Waals surface area contributed by atoms with Gasteiger partial charge in [-0.3, -0.25) is 0 Å². The number of carbonyl (C=O) groups is 1. The quantitative estimate of drug-likeness (QED) is 0.577. The molecule has 0 atom stereocenters. The molecule has 0 saturated heterocycles. The normalized spacial score (nSPS) is 9.73. The molecule has 1 aromatic heterocycles. The number of alkyl carbamates (subject to hydrolysis) is 1. The molecule has 26 heavy (non-hydrogen) atoms. The van der Waals surface area contributed by atoms with Crippen LogP contribution in [-0.4, -0.2) is 43.9 Å².